The minimum absolute atomic E-state index is 0.257. The maximum atomic E-state index is 13.9. The smallest absolute Gasteiger partial charge is 0.148 e. The summed E-state index contributed by atoms with van der Waals surface area (Å²) in [5.41, 5.74) is 1.33. The number of hydrogen-bond acceptors (Lipinski definition) is 3. The van der Waals surface area contributed by atoms with Crippen LogP contribution < -0.4 is 10.1 Å². The number of ether oxygens (including phenoxy) is 1. The fourth-order valence-corrected chi connectivity index (χ4v) is 1.89. The van der Waals surface area contributed by atoms with Crippen molar-refractivity contribution in [2.75, 3.05) is 6.54 Å². The first-order chi connectivity index (χ1) is 9.72. The normalized spacial score (nSPS) is 10.6. The molecular formula is C16H19FN2O. The lowest BCUT2D eigenvalue weighted by molar-refractivity contribution is 0.456. The fraction of sp³-hybridized carbons (Fsp3) is 0.312. The van der Waals surface area contributed by atoms with E-state index in [4.69, 9.17) is 4.74 Å². The van der Waals surface area contributed by atoms with Crippen LogP contribution in [0.5, 0.6) is 11.5 Å². The van der Waals surface area contributed by atoms with Gasteiger partial charge in [-0.1, -0.05) is 13.0 Å². The monoisotopic (exact) mass is 274 g/mol. The highest BCUT2D eigenvalue weighted by Crippen LogP contribution is 2.28. The van der Waals surface area contributed by atoms with Gasteiger partial charge in [0, 0.05) is 18.3 Å². The largest absolute Gasteiger partial charge is 0.455 e. The van der Waals surface area contributed by atoms with Gasteiger partial charge >= 0.3 is 0 Å². The SMILES string of the molecule is CCCNCc1c(F)cccc1Oc1cccnc1C. The Balaban J connectivity index is 2.23. The number of pyridine rings is 1. The van der Waals surface area contributed by atoms with Crippen molar-refractivity contribution in [1.82, 2.24) is 10.3 Å². The van der Waals surface area contributed by atoms with E-state index in [0.717, 1.165) is 18.7 Å². The Hall–Kier alpha value is -1.94. The highest BCUT2D eigenvalue weighted by atomic mass is 19.1. The van der Waals surface area contributed by atoms with Gasteiger partial charge in [0.2, 0.25) is 0 Å². The van der Waals surface area contributed by atoms with Crippen LogP contribution in [-0.4, -0.2) is 11.5 Å². The van der Waals surface area contributed by atoms with Crippen molar-refractivity contribution in [3.05, 3.63) is 53.6 Å². The molecule has 106 valence electrons. The molecule has 1 aromatic carbocycles. The van der Waals surface area contributed by atoms with Crippen LogP contribution in [-0.2, 0) is 6.54 Å². The maximum Gasteiger partial charge on any atom is 0.148 e. The van der Waals surface area contributed by atoms with Crippen LogP contribution in [0.15, 0.2) is 36.5 Å². The van der Waals surface area contributed by atoms with Crippen LogP contribution >= 0.6 is 0 Å². The predicted octanol–water partition coefficient (Wildman–Crippen LogP) is 3.82. The molecule has 4 heteroatoms. The van der Waals surface area contributed by atoms with E-state index >= 15 is 0 Å². The average molecular weight is 274 g/mol. The number of nitrogens with one attached hydrogen (secondary N) is 1. The standard InChI is InChI=1S/C16H19FN2O/c1-3-9-18-11-13-14(17)6-4-7-16(13)20-15-8-5-10-19-12(15)2/h4-8,10,18H,3,9,11H2,1-2H3. The number of rotatable bonds is 6. The van der Waals surface area contributed by atoms with Crippen molar-refractivity contribution in [3.8, 4) is 11.5 Å². The molecule has 0 amide bonds. The third kappa shape index (κ3) is 3.54. The molecule has 1 N–H and O–H groups in total. The van der Waals surface area contributed by atoms with Gasteiger partial charge in [-0.05, 0) is 44.2 Å². The summed E-state index contributed by atoms with van der Waals surface area (Å²) in [4.78, 5) is 4.17. The van der Waals surface area contributed by atoms with E-state index in [1.807, 2.05) is 13.0 Å². The Bertz CT molecular complexity index is 572. The number of aryl methyl sites for hydroxylation is 1. The summed E-state index contributed by atoms with van der Waals surface area (Å²) in [7, 11) is 0. The van der Waals surface area contributed by atoms with Gasteiger partial charge in [-0.3, -0.25) is 4.98 Å². The Morgan fingerprint density at radius 2 is 2.00 bits per heavy atom. The van der Waals surface area contributed by atoms with Gasteiger partial charge in [0.1, 0.15) is 17.3 Å². The summed E-state index contributed by atoms with van der Waals surface area (Å²) in [6, 6.07) is 8.51. The van der Waals surface area contributed by atoms with Gasteiger partial charge in [0.05, 0.1) is 5.69 Å². The first-order valence-corrected chi connectivity index (χ1v) is 6.80. The van der Waals surface area contributed by atoms with Gasteiger partial charge in [0.15, 0.2) is 0 Å². The van der Waals surface area contributed by atoms with Crippen LogP contribution in [0.1, 0.15) is 24.6 Å². The number of aromatic nitrogens is 1. The fourth-order valence-electron chi connectivity index (χ4n) is 1.89. The Morgan fingerprint density at radius 3 is 2.75 bits per heavy atom. The third-order valence-corrected chi connectivity index (χ3v) is 2.98. The van der Waals surface area contributed by atoms with Crippen molar-refractivity contribution in [2.45, 2.75) is 26.8 Å². The number of nitrogens with zero attached hydrogens (tertiary/aromatic N) is 1. The molecule has 0 aliphatic carbocycles. The summed E-state index contributed by atoms with van der Waals surface area (Å²) in [6.45, 7) is 5.24. The Morgan fingerprint density at radius 1 is 1.20 bits per heavy atom. The van der Waals surface area contributed by atoms with Gasteiger partial charge < -0.3 is 10.1 Å². The minimum Gasteiger partial charge on any atom is -0.455 e. The van der Waals surface area contributed by atoms with Crippen molar-refractivity contribution in [1.29, 1.82) is 0 Å². The number of halogens is 1. The molecule has 1 heterocycles. The summed E-state index contributed by atoms with van der Waals surface area (Å²) < 4.78 is 19.8. The topological polar surface area (TPSA) is 34.1 Å². The molecule has 0 saturated carbocycles. The molecule has 0 spiro atoms. The summed E-state index contributed by atoms with van der Waals surface area (Å²) in [6.07, 6.45) is 2.71. The first-order valence-electron chi connectivity index (χ1n) is 6.80. The van der Waals surface area contributed by atoms with Gasteiger partial charge in [-0.25, -0.2) is 4.39 Å². The zero-order valence-electron chi connectivity index (χ0n) is 11.8. The summed E-state index contributed by atoms with van der Waals surface area (Å²) >= 11 is 0. The molecule has 1 aromatic heterocycles. The number of hydrogen-bond donors (Lipinski definition) is 1. The van der Waals surface area contributed by atoms with Gasteiger partial charge in [-0.15, -0.1) is 0 Å². The molecule has 0 unspecified atom stereocenters. The summed E-state index contributed by atoms with van der Waals surface area (Å²) in [5.74, 6) is 0.923. The Kier molecular flexibility index (Phi) is 5.07. The van der Waals surface area contributed by atoms with Crippen molar-refractivity contribution in [2.24, 2.45) is 0 Å². The second-order valence-corrected chi connectivity index (χ2v) is 4.58. The molecular weight excluding hydrogens is 255 g/mol. The van der Waals surface area contributed by atoms with Crippen molar-refractivity contribution >= 4 is 0 Å². The van der Waals surface area contributed by atoms with Crippen LogP contribution in [0.2, 0.25) is 0 Å². The second-order valence-electron chi connectivity index (χ2n) is 4.58. The molecule has 0 fully saturated rings. The lowest BCUT2D eigenvalue weighted by atomic mass is 10.2. The summed E-state index contributed by atoms with van der Waals surface area (Å²) in [5, 5.41) is 3.20. The van der Waals surface area contributed by atoms with Crippen LogP contribution in [0, 0.1) is 12.7 Å². The maximum absolute atomic E-state index is 13.9. The van der Waals surface area contributed by atoms with E-state index in [0.29, 0.717) is 23.6 Å². The zero-order chi connectivity index (χ0) is 14.4. The lowest BCUT2D eigenvalue weighted by Crippen LogP contribution is -2.15. The number of benzene rings is 1. The van der Waals surface area contributed by atoms with E-state index in [-0.39, 0.29) is 5.82 Å². The van der Waals surface area contributed by atoms with E-state index in [1.54, 1.807) is 24.4 Å². The predicted molar refractivity (Wildman–Crippen MR) is 77.4 cm³/mol. The molecule has 0 atom stereocenters. The highest BCUT2D eigenvalue weighted by molar-refractivity contribution is 5.39. The van der Waals surface area contributed by atoms with E-state index in [2.05, 4.69) is 17.2 Å². The van der Waals surface area contributed by atoms with E-state index in [1.165, 1.54) is 6.07 Å². The zero-order valence-corrected chi connectivity index (χ0v) is 11.8. The molecule has 2 rings (SSSR count). The van der Waals surface area contributed by atoms with Crippen LogP contribution in [0.3, 0.4) is 0 Å². The van der Waals surface area contributed by atoms with E-state index < -0.39 is 0 Å². The molecule has 3 nitrogen and oxygen atoms in total. The van der Waals surface area contributed by atoms with Crippen molar-refractivity contribution < 1.29 is 9.13 Å². The van der Waals surface area contributed by atoms with Crippen LogP contribution in [0.25, 0.3) is 0 Å². The van der Waals surface area contributed by atoms with E-state index in [9.17, 15) is 4.39 Å². The van der Waals surface area contributed by atoms with Gasteiger partial charge in [-0.2, -0.15) is 0 Å². The second kappa shape index (κ2) is 7.01. The molecule has 0 saturated heterocycles. The van der Waals surface area contributed by atoms with Gasteiger partial charge in [0.25, 0.3) is 0 Å². The van der Waals surface area contributed by atoms with Crippen molar-refractivity contribution in [3.63, 3.8) is 0 Å². The quantitative estimate of drug-likeness (QED) is 0.813. The average Bonchev–Trinajstić information content (AvgIpc) is 2.44. The molecule has 0 aliphatic heterocycles. The molecule has 0 radical (unpaired) electrons. The molecule has 20 heavy (non-hydrogen) atoms. The third-order valence-electron chi connectivity index (χ3n) is 2.98. The van der Waals surface area contributed by atoms with Crippen LogP contribution in [0.4, 0.5) is 4.39 Å². The Labute approximate surface area is 118 Å². The molecule has 0 bridgehead atoms. The molecule has 2 aromatic rings. The lowest BCUT2D eigenvalue weighted by Gasteiger charge is -2.13. The minimum atomic E-state index is -0.257. The first kappa shape index (κ1) is 14.5. The highest BCUT2D eigenvalue weighted by Gasteiger charge is 2.11. The molecule has 0 aliphatic rings.